The van der Waals surface area contributed by atoms with Gasteiger partial charge in [-0.3, -0.25) is 4.98 Å². The number of aromatic nitrogens is 1. The van der Waals surface area contributed by atoms with E-state index >= 15 is 0 Å². The summed E-state index contributed by atoms with van der Waals surface area (Å²) in [6.07, 6.45) is 1.46. The Morgan fingerprint density at radius 2 is 2.00 bits per heavy atom. The summed E-state index contributed by atoms with van der Waals surface area (Å²) in [7, 11) is 0. The molecule has 1 aromatic heterocycles. The minimum absolute atomic E-state index is 0.0580. The van der Waals surface area contributed by atoms with Crippen LogP contribution < -0.4 is 0 Å². The van der Waals surface area contributed by atoms with E-state index in [0.29, 0.717) is 22.4 Å². The van der Waals surface area contributed by atoms with E-state index in [1.165, 1.54) is 6.20 Å². The molecule has 2 aromatic rings. The second-order valence-electron chi connectivity index (χ2n) is 4.30. The van der Waals surface area contributed by atoms with Crippen LogP contribution in [0.2, 0.25) is 0 Å². The summed E-state index contributed by atoms with van der Waals surface area (Å²) < 4.78 is 5.15. The third-order valence-corrected chi connectivity index (χ3v) is 2.96. The molecule has 0 fully saturated rings. The number of benzene rings is 1. The quantitative estimate of drug-likeness (QED) is 0.832. The van der Waals surface area contributed by atoms with Crippen LogP contribution in [0.5, 0.6) is 5.75 Å². The predicted molar refractivity (Wildman–Crippen MR) is 72.1 cm³/mol. The molecule has 0 amide bonds. The Morgan fingerprint density at radius 3 is 2.65 bits per heavy atom. The van der Waals surface area contributed by atoms with Crippen LogP contribution in [0.4, 0.5) is 0 Å². The normalized spacial score (nSPS) is 10.3. The zero-order valence-corrected chi connectivity index (χ0v) is 11.0. The molecule has 1 heterocycles. The Balaban J connectivity index is 2.15. The molecular formula is C15H15NO4. The Bertz CT molecular complexity index is 611. The molecule has 2 rings (SSSR count). The molecule has 0 aliphatic heterocycles. The zero-order chi connectivity index (χ0) is 14.5. The maximum Gasteiger partial charge on any atom is 0.338 e. The second kappa shape index (κ2) is 6.16. The van der Waals surface area contributed by atoms with Gasteiger partial charge in [-0.25, -0.2) is 4.79 Å². The molecule has 0 aliphatic carbocycles. The van der Waals surface area contributed by atoms with Crippen molar-refractivity contribution < 1.29 is 19.7 Å². The van der Waals surface area contributed by atoms with Crippen molar-refractivity contribution in [2.75, 3.05) is 0 Å². The van der Waals surface area contributed by atoms with Gasteiger partial charge < -0.3 is 14.9 Å². The lowest BCUT2D eigenvalue weighted by atomic mass is 10.1. The number of pyridine rings is 1. The van der Waals surface area contributed by atoms with Gasteiger partial charge in [-0.1, -0.05) is 18.2 Å². The summed E-state index contributed by atoms with van der Waals surface area (Å²) in [6.45, 7) is 1.25. The van der Waals surface area contributed by atoms with Gasteiger partial charge in [0.05, 0.1) is 17.9 Å². The number of aryl methyl sites for hydroxylation is 1. The van der Waals surface area contributed by atoms with E-state index in [2.05, 4.69) is 4.98 Å². The number of hydrogen-bond acceptors (Lipinski definition) is 5. The van der Waals surface area contributed by atoms with E-state index < -0.39 is 5.97 Å². The van der Waals surface area contributed by atoms with Crippen molar-refractivity contribution in [2.24, 2.45) is 0 Å². The summed E-state index contributed by atoms with van der Waals surface area (Å²) in [4.78, 5) is 15.8. The molecule has 0 saturated heterocycles. The number of carbonyl (C=O) groups excluding carboxylic acids is 1. The number of hydrogen-bond donors (Lipinski definition) is 2. The number of aliphatic hydroxyl groups excluding tert-OH is 1. The van der Waals surface area contributed by atoms with Gasteiger partial charge in [0.2, 0.25) is 0 Å². The summed E-state index contributed by atoms with van der Waals surface area (Å²) >= 11 is 0. The summed E-state index contributed by atoms with van der Waals surface area (Å²) in [6, 6.07) is 8.58. The highest BCUT2D eigenvalue weighted by Gasteiger charge is 2.14. The maximum absolute atomic E-state index is 11.8. The largest absolute Gasteiger partial charge is 0.506 e. The van der Waals surface area contributed by atoms with Crippen LogP contribution in [0.25, 0.3) is 0 Å². The Hall–Kier alpha value is -2.40. The molecule has 0 atom stereocenters. The molecule has 0 radical (unpaired) electrons. The lowest BCUT2D eigenvalue weighted by Gasteiger charge is -2.11. The highest BCUT2D eigenvalue weighted by molar-refractivity contribution is 5.89. The van der Waals surface area contributed by atoms with Gasteiger partial charge in [0.25, 0.3) is 0 Å². The van der Waals surface area contributed by atoms with Crippen molar-refractivity contribution in [1.82, 2.24) is 4.98 Å². The summed E-state index contributed by atoms with van der Waals surface area (Å²) in [5.41, 5.74) is 1.68. The summed E-state index contributed by atoms with van der Waals surface area (Å²) in [5, 5.41) is 19.2. The fourth-order valence-electron chi connectivity index (χ4n) is 1.78. The van der Waals surface area contributed by atoms with E-state index in [1.54, 1.807) is 37.3 Å². The first-order valence-corrected chi connectivity index (χ1v) is 6.13. The van der Waals surface area contributed by atoms with Crippen molar-refractivity contribution in [3.63, 3.8) is 0 Å². The number of nitrogens with zero attached hydrogens (tertiary/aromatic N) is 1. The number of aliphatic hydroxyl groups is 1. The molecule has 0 unspecified atom stereocenters. The van der Waals surface area contributed by atoms with E-state index in [9.17, 15) is 15.0 Å². The number of esters is 1. The Morgan fingerprint density at radius 1 is 1.30 bits per heavy atom. The number of aromatic hydroxyl groups is 1. The first kappa shape index (κ1) is 14.0. The van der Waals surface area contributed by atoms with Gasteiger partial charge in [-0.05, 0) is 19.1 Å². The number of ether oxygens (including phenoxy) is 1. The SMILES string of the molecule is Cc1ncc(CO)c(COC(=O)c2ccccc2)c1O. The summed E-state index contributed by atoms with van der Waals surface area (Å²) in [5.74, 6) is -0.541. The maximum atomic E-state index is 11.8. The van der Waals surface area contributed by atoms with Crippen LogP contribution in [0.15, 0.2) is 36.5 Å². The lowest BCUT2D eigenvalue weighted by molar-refractivity contribution is 0.0467. The average Bonchev–Trinajstić information content (AvgIpc) is 2.49. The average molecular weight is 273 g/mol. The van der Waals surface area contributed by atoms with Gasteiger partial charge in [0.15, 0.2) is 0 Å². The minimum atomic E-state index is -0.483. The van der Waals surface area contributed by atoms with Gasteiger partial charge >= 0.3 is 5.97 Å². The van der Waals surface area contributed by atoms with Crippen LogP contribution >= 0.6 is 0 Å². The fraction of sp³-hybridized carbons (Fsp3) is 0.200. The van der Waals surface area contributed by atoms with E-state index in [0.717, 1.165) is 0 Å². The van der Waals surface area contributed by atoms with Crippen molar-refractivity contribution in [3.05, 3.63) is 58.9 Å². The molecule has 104 valence electrons. The highest BCUT2D eigenvalue weighted by atomic mass is 16.5. The number of rotatable bonds is 4. The van der Waals surface area contributed by atoms with E-state index in [4.69, 9.17) is 4.74 Å². The third-order valence-electron chi connectivity index (χ3n) is 2.96. The molecule has 5 heteroatoms. The van der Waals surface area contributed by atoms with Crippen LogP contribution in [0.3, 0.4) is 0 Å². The zero-order valence-electron chi connectivity index (χ0n) is 11.0. The van der Waals surface area contributed by atoms with Gasteiger partial charge in [0, 0.05) is 17.3 Å². The molecule has 2 N–H and O–H groups in total. The minimum Gasteiger partial charge on any atom is -0.506 e. The second-order valence-corrected chi connectivity index (χ2v) is 4.30. The molecule has 5 nitrogen and oxygen atoms in total. The molecule has 0 saturated carbocycles. The van der Waals surface area contributed by atoms with Crippen molar-refractivity contribution in [2.45, 2.75) is 20.1 Å². The van der Waals surface area contributed by atoms with Gasteiger partial charge in [0.1, 0.15) is 12.4 Å². The van der Waals surface area contributed by atoms with Gasteiger partial charge in [-0.15, -0.1) is 0 Å². The van der Waals surface area contributed by atoms with Crippen LogP contribution in [0, 0.1) is 6.92 Å². The standard InChI is InChI=1S/C15H15NO4/c1-10-14(18)13(12(8-17)7-16-10)9-20-15(19)11-5-3-2-4-6-11/h2-7,17-18H,8-9H2,1H3. The van der Waals surface area contributed by atoms with E-state index in [1.807, 2.05) is 0 Å². The fourth-order valence-corrected chi connectivity index (χ4v) is 1.78. The molecule has 1 aromatic carbocycles. The van der Waals surface area contributed by atoms with Crippen molar-refractivity contribution in [3.8, 4) is 5.75 Å². The Labute approximate surface area is 116 Å². The Kier molecular flexibility index (Phi) is 4.32. The molecule has 0 bridgehead atoms. The van der Waals surface area contributed by atoms with Crippen molar-refractivity contribution in [1.29, 1.82) is 0 Å². The molecular weight excluding hydrogens is 258 g/mol. The first-order chi connectivity index (χ1) is 9.63. The van der Waals surface area contributed by atoms with Crippen LogP contribution in [-0.4, -0.2) is 21.2 Å². The molecule has 0 spiro atoms. The third kappa shape index (κ3) is 2.95. The lowest BCUT2D eigenvalue weighted by Crippen LogP contribution is -2.07. The molecule has 20 heavy (non-hydrogen) atoms. The topological polar surface area (TPSA) is 79.7 Å². The molecule has 0 aliphatic rings. The monoisotopic (exact) mass is 273 g/mol. The highest BCUT2D eigenvalue weighted by Crippen LogP contribution is 2.24. The smallest absolute Gasteiger partial charge is 0.338 e. The number of carbonyl (C=O) groups is 1. The van der Waals surface area contributed by atoms with Crippen molar-refractivity contribution >= 4 is 5.97 Å². The van der Waals surface area contributed by atoms with Crippen LogP contribution in [0.1, 0.15) is 27.2 Å². The predicted octanol–water partition coefficient (Wildman–Crippen LogP) is 1.94. The van der Waals surface area contributed by atoms with E-state index in [-0.39, 0.29) is 19.0 Å². The first-order valence-electron chi connectivity index (χ1n) is 6.13. The van der Waals surface area contributed by atoms with Crippen LogP contribution in [-0.2, 0) is 18.0 Å². The van der Waals surface area contributed by atoms with Gasteiger partial charge in [-0.2, -0.15) is 0 Å².